The van der Waals surface area contributed by atoms with Crippen LogP contribution in [0.3, 0.4) is 0 Å². The zero-order valence-corrected chi connectivity index (χ0v) is 19.7. The summed E-state index contributed by atoms with van der Waals surface area (Å²) >= 11 is 0. The molecule has 1 aliphatic heterocycles. The van der Waals surface area contributed by atoms with Crippen molar-refractivity contribution in [2.24, 2.45) is 7.05 Å². The van der Waals surface area contributed by atoms with Crippen molar-refractivity contribution in [1.82, 2.24) is 9.88 Å². The van der Waals surface area contributed by atoms with Crippen LogP contribution in [0.1, 0.15) is 12.6 Å². The Morgan fingerprint density at radius 2 is 1.91 bits per heavy atom. The maximum Gasteiger partial charge on any atom is 0.262 e. The van der Waals surface area contributed by atoms with Crippen molar-refractivity contribution in [1.29, 1.82) is 5.26 Å². The van der Waals surface area contributed by atoms with Crippen LogP contribution >= 0.6 is 0 Å². The number of hydrogen-bond acceptors (Lipinski definition) is 5. The number of nitrogens with zero attached hydrogens (tertiary/aromatic N) is 3. The van der Waals surface area contributed by atoms with Gasteiger partial charge in [0.05, 0.1) is 19.8 Å². The molecule has 7 heteroatoms. The summed E-state index contributed by atoms with van der Waals surface area (Å²) in [4.78, 5) is 14.7. The van der Waals surface area contributed by atoms with Crippen molar-refractivity contribution in [3.05, 3.63) is 59.8 Å². The van der Waals surface area contributed by atoms with Crippen molar-refractivity contribution >= 4 is 28.4 Å². The number of ether oxygens (including phenoxy) is 2. The number of anilines is 1. The summed E-state index contributed by atoms with van der Waals surface area (Å²) in [6, 6.07) is 18.9. The average molecular weight is 459 g/mol. The van der Waals surface area contributed by atoms with Gasteiger partial charge < -0.3 is 24.3 Å². The Morgan fingerprint density at radius 3 is 2.68 bits per heavy atom. The molecule has 4 rings (SSSR count). The van der Waals surface area contributed by atoms with E-state index in [1.165, 1.54) is 16.5 Å². The molecule has 34 heavy (non-hydrogen) atoms. The minimum atomic E-state index is -0.397. The number of benzene rings is 2. The third-order valence-corrected chi connectivity index (χ3v) is 6.05. The van der Waals surface area contributed by atoms with Crippen molar-refractivity contribution in [2.75, 3.05) is 51.0 Å². The predicted molar refractivity (Wildman–Crippen MR) is 134 cm³/mol. The van der Waals surface area contributed by atoms with Crippen LogP contribution in [0.15, 0.2) is 54.1 Å². The number of hydrogen-bond donors (Lipinski definition) is 1. The second-order valence-electron chi connectivity index (χ2n) is 8.17. The van der Waals surface area contributed by atoms with E-state index < -0.39 is 5.91 Å². The molecule has 1 aromatic heterocycles. The average Bonchev–Trinajstić information content (AvgIpc) is 3.24. The van der Waals surface area contributed by atoms with Crippen molar-refractivity contribution in [3.63, 3.8) is 0 Å². The fourth-order valence-corrected chi connectivity index (χ4v) is 4.15. The summed E-state index contributed by atoms with van der Waals surface area (Å²) < 4.78 is 12.7. The molecule has 0 atom stereocenters. The largest absolute Gasteiger partial charge is 0.380 e. The molecule has 2 aromatic carbocycles. The third-order valence-electron chi connectivity index (χ3n) is 6.05. The Bertz CT molecular complexity index is 1230. The van der Waals surface area contributed by atoms with Gasteiger partial charge in [0.15, 0.2) is 0 Å². The summed E-state index contributed by atoms with van der Waals surface area (Å²) in [5, 5.41) is 14.6. The van der Waals surface area contributed by atoms with Crippen LogP contribution in [0.4, 0.5) is 5.69 Å². The van der Waals surface area contributed by atoms with Gasteiger partial charge in [-0.3, -0.25) is 4.79 Å². The fourth-order valence-electron chi connectivity index (χ4n) is 4.15. The van der Waals surface area contributed by atoms with E-state index in [0.717, 1.165) is 43.3 Å². The predicted octanol–water partition coefficient (Wildman–Crippen LogP) is 3.74. The lowest BCUT2D eigenvalue weighted by Gasteiger charge is -2.29. The van der Waals surface area contributed by atoms with Crippen molar-refractivity contribution in [3.8, 4) is 17.3 Å². The zero-order valence-electron chi connectivity index (χ0n) is 19.7. The SMILES string of the molecule is CCOCCNC(=O)/C(C#N)=C/c1ccc(-c2ccc3cc(N4CCOCC4)ccc3c2)n1C. The number of aromatic nitrogens is 1. The normalized spacial score (nSPS) is 14.3. The number of amides is 1. The standard InChI is InChI=1S/C27H30N4O3/c1-3-33-13-10-29-27(32)23(19-28)18-24-8-9-26(30(24)2)22-5-4-21-17-25(7-6-20(21)16-22)31-11-14-34-15-12-31/h4-9,16-18H,3,10-15H2,1-2H3,(H,29,32)/b23-18+. The van der Waals surface area contributed by atoms with Crippen LogP contribution in [0, 0.1) is 11.3 Å². The number of nitriles is 1. The number of carbonyl (C=O) groups is 1. The Balaban J connectivity index is 1.54. The first-order chi connectivity index (χ1) is 16.6. The highest BCUT2D eigenvalue weighted by Gasteiger charge is 2.14. The van der Waals surface area contributed by atoms with E-state index in [1.54, 1.807) is 6.08 Å². The molecule has 0 unspecified atom stereocenters. The molecule has 1 aliphatic rings. The van der Waals surface area contributed by atoms with E-state index >= 15 is 0 Å². The van der Waals surface area contributed by atoms with Gasteiger partial charge in [-0.2, -0.15) is 5.26 Å². The second-order valence-corrected chi connectivity index (χ2v) is 8.17. The van der Waals surface area contributed by atoms with Crippen LogP contribution < -0.4 is 10.2 Å². The monoisotopic (exact) mass is 458 g/mol. The molecule has 0 aliphatic carbocycles. The summed E-state index contributed by atoms with van der Waals surface area (Å²) in [6.07, 6.45) is 1.62. The van der Waals surface area contributed by atoms with E-state index in [2.05, 4.69) is 46.6 Å². The molecule has 0 bridgehead atoms. The molecule has 0 radical (unpaired) electrons. The molecule has 2 heterocycles. The number of fused-ring (bicyclic) bond motifs is 1. The first kappa shape index (κ1) is 23.6. The molecule has 1 amide bonds. The number of nitrogens with one attached hydrogen (secondary N) is 1. The van der Waals surface area contributed by atoms with E-state index in [9.17, 15) is 10.1 Å². The van der Waals surface area contributed by atoms with Crippen LogP contribution in [0.25, 0.3) is 28.1 Å². The van der Waals surface area contributed by atoms with E-state index in [1.807, 2.05) is 36.7 Å². The van der Waals surface area contributed by atoms with Gasteiger partial charge in [0.1, 0.15) is 11.6 Å². The molecule has 3 aromatic rings. The van der Waals surface area contributed by atoms with Gasteiger partial charge in [0.2, 0.25) is 0 Å². The van der Waals surface area contributed by atoms with E-state index in [4.69, 9.17) is 9.47 Å². The van der Waals surface area contributed by atoms with Crippen LogP contribution in [0.5, 0.6) is 0 Å². The van der Waals surface area contributed by atoms with E-state index in [0.29, 0.717) is 19.8 Å². The molecule has 176 valence electrons. The lowest BCUT2D eigenvalue weighted by atomic mass is 10.0. The smallest absolute Gasteiger partial charge is 0.262 e. The fraction of sp³-hybridized carbons (Fsp3) is 0.333. The summed E-state index contributed by atoms with van der Waals surface area (Å²) in [5.41, 5.74) is 4.17. The maximum absolute atomic E-state index is 12.3. The van der Waals surface area contributed by atoms with Gasteiger partial charge >= 0.3 is 0 Å². The Kier molecular flexibility index (Phi) is 7.63. The van der Waals surface area contributed by atoms with Gasteiger partial charge in [-0.15, -0.1) is 0 Å². The number of rotatable bonds is 8. The number of morpholine rings is 1. The Hall–Kier alpha value is -3.60. The highest BCUT2D eigenvalue weighted by atomic mass is 16.5. The third kappa shape index (κ3) is 5.30. The molecule has 1 fully saturated rings. The van der Waals surface area contributed by atoms with Crippen LogP contribution in [-0.4, -0.2) is 56.5 Å². The van der Waals surface area contributed by atoms with Gasteiger partial charge in [0.25, 0.3) is 5.91 Å². The van der Waals surface area contributed by atoms with Crippen LogP contribution in [0.2, 0.25) is 0 Å². The highest BCUT2D eigenvalue weighted by molar-refractivity contribution is 6.01. The second kappa shape index (κ2) is 11.0. The van der Waals surface area contributed by atoms with Gasteiger partial charge in [-0.25, -0.2) is 0 Å². The van der Waals surface area contributed by atoms with Gasteiger partial charge in [-0.1, -0.05) is 18.2 Å². The highest BCUT2D eigenvalue weighted by Crippen LogP contribution is 2.29. The van der Waals surface area contributed by atoms with Gasteiger partial charge in [0, 0.05) is 50.4 Å². The summed E-state index contributed by atoms with van der Waals surface area (Å²) in [5.74, 6) is -0.397. The molecule has 1 N–H and O–H groups in total. The van der Waals surface area contributed by atoms with Gasteiger partial charge in [-0.05, 0) is 59.7 Å². The van der Waals surface area contributed by atoms with Crippen molar-refractivity contribution < 1.29 is 14.3 Å². The van der Waals surface area contributed by atoms with Crippen molar-refractivity contribution in [2.45, 2.75) is 6.92 Å². The Morgan fingerprint density at radius 1 is 1.15 bits per heavy atom. The molecular formula is C27H30N4O3. The minimum Gasteiger partial charge on any atom is -0.380 e. The molecule has 1 saturated heterocycles. The molecule has 7 nitrogen and oxygen atoms in total. The topological polar surface area (TPSA) is 79.5 Å². The Labute approximate surface area is 200 Å². The zero-order chi connectivity index (χ0) is 23.9. The molecule has 0 saturated carbocycles. The lowest BCUT2D eigenvalue weighted by Crippen LogP contribution is -2.36. The number of carbonyl (C=O) groups excluding carboxylic acids is 1. The quantitative estimate of drug-likeness (QED) is 0.316. The summed E-state index contributed by atoms with van der Waals surface area (Å²) in [7, 11) is 1.94. The maximum atomic E-state index is 12.3. The summed E-state index contributed by atoms with van der Waals surface area (Å²) in [6.45, 7) is 6.64. The molecular weight excluding hydrogens is 428 g/mol. The minimum absolute atomic E-state index is 0.0680. The van der Waals surface area contributed by atoms with Crippen LogP contribution in [-0.2, 0) is 21.3 Å². The first-order valence-corrected chi connectivity index (χ1v) is 11.6. The first-order valence-electron chi connectivity index (χ1n) is 11.6. The molecule has 0 spiro atoms. The lowest BCUT2D eigenvalue weighted by molar-refractivity contribution is -0.117. The van der Waals surface area contributed by atoms with E-state index in [-0.39, 0.29) is 5.57 Å².